The Morgan fingerprint density at radius 3 is 3.13 bits per heavy atom. The molecule has 0 bridgehead atoms. The third-order valence-electron chi connectivity index (χ3n) is 4.03. The Hall–Kier alpha value is -1.65. The third-order valence-corrected chi connectivity index (χ3v) is 4.03. The molecule has 126 valence electrons. The Labute approximate surface area is 152 Å². The summed E-state index contributed by atoms with van der Waals surface area (Å²) in [6, 6.07) is 0. The number of nitrogens with one attached hydrogen (secondary N) is 2. The van der Waals surface area contributed by atoms with E-state index in [9.17, 15) is 0 Å². The average Bonchev–Trinajstić information content (AvgIpc) is 3.04. The maximum Gasteiger partial charge on any atom is 0.203 e. The highest BCUT2D eigenvalue weighted by Crippen LogP contribution is 2.23. The van der Waals surface area contributed by atoms with E-state index >= 15 is 0 Å². The Kier molecular flexibility index (Phi) is 6.37. The van der Waals surface area contributed by atoms with Crippen LogP contribution in [0.3, 0.4) is 0 Å². The van der Waals surface area contributed by atoms with Crippen LogP contribution in [0.15, 0.2) is 23.7 Å². The Morgan fingerprint density at radius 2 is 2.35 bits per heavy atom. The van der Waals surface area contributed by atoms with E-state index in [1.54, 1.807) is 19.6 Å². The number of aromatic nitrogens is 4. The number of fused-ring (bicyclic) bond motifs is 1. The molecule has 2 aromatic heterocycles. The molecule has 1 fully saturated rings. The van der Waals surface area contributed by atoms with Gasteiger partial charge in [-0.1, -0.05) is 0 Å². The molecule has 3 heterocycles. The van der Waals surface area contributed by atoms with Crippen LogP contribution in [0.1, 0.15) is 12.8 Å². The fraction of sp³-hybridized carbons (Fsp3) is 0.571. The summed E-state index contributed by atoms with van der Waals surface area (Å²) in [6.45, 7) is 2.88. The minimum atomic E-state index is 0. The summed E-state index contributed by atoms with van der Waals surface area (Å²) in [5.41, 5.74) is 0.821. The second kappa shape index (κ2) is 8.27. The van der Waals surface area contributed by atoms with Crippen molar-refractivity contribution < 1.29 is 0 Å². The fourth-order valence-electron chi connectivity index (χ4n) is 2.91. The monoisotopic (exact) mass is 430 g/mol. The number of aliphatic imine (C=N–C) groups is 1. The summed E-state index contributed by atoms with van der Waals surface area (Å²) in [5.74, 6) is 2.31. The van der Waals surface area contributed by atoms with E-state index in [4.69, 9.17) is 0 Å². The first kappa shape index (κ1) is 17.7. The first-order chi connectivity index (χ1) is 10.8. The molecule has 9 heteroatoms. The Morgan fingerprint density at radius 1 is 1.48 bits per heavy atom. The summed E-state index contributed by atoms with van der Waals surface area (Å²) in [7, 11) is 3.65. The van der Waals surface area contributed by atoms with Crippen molar-refractivity contribution in [1.82, 2.24) is 30.2 Å². The second-order valence-corrected chi connectivity index (χ2v) is 5.47. The molecule has 0 spiro atoms. The van der Waals surface area contributed by atoms with Crippen LogP contribution >= 0.6 is 24.0 Å². The van der Waals surface area contributed by atoms with Crippen LogP contribution in [0.5, 0.6) is 0 Å². The fourth-order valence-corrected chi connectivity index (χ4v) is 2.91. The quantitative estimate of drug-likeness (QED) is 0.425. The smallest absolute Gasteiger partial charge is 0.203 e. The molecule has 0 radical (unpaired) electrons. The highest BCUT2D eigenvalue weighted by atomic mass is 127. The number of anilines is 1. The van der Waals surface area contributed by atoms with E-state index in [0.717, 1.165) is 43.5 Å². The van der Waals surface area contributed by atoms with Gasteiger partial charge in [0.1, 0.15) is 6.33 Å². The van der Waals surface area contributed by atoms with Crippen LogP contribution in [-0.2, 0) is 0 Å². The number of hydrogen-bond acceptors (Lipinski definition) is 5. The number of halogens is 1. The molecule has 1 atom stereocenters. The van der Waals surface area contributed by atoms with E-state index < -0.39 is 0 Å². The van der Waals surface area contributed by atoms with E-state index in [2.05, 4.69) is 35.7 Å². The number of nitrogens with zero attached hydrogens (tertiary/aromatic N) is 6. The molecule has 1 unspecified atom stereocenters. The number of rotatable bonds is 3. The van der Waals surface area contributed by atoms with Crippen molar-refractivity contribution in [2.75, 3.05) is 38.6 Å². The van der Waals surface area contributed by atoms with E-state index in [1.165, 1.54) is 6.42 Å². The van der Waals surface area contributed by atoms with Gasteiger partial charge in [-0.25, -0.2) is 4.98 Å². The molecule has 8 nitrogen and oxygen atoms in total. The van der Waals surface area contributed by atoms with Gasteiger partial charge < -0.3 is 15.5 Å². The van der Waals surface area contributed by atoms with Gasteiger partial charge in [-0.05, 0) is 18.8 Å². The van der Waals surface area contributed by atoms with Gasteiger partial charge in [0, 0.05) is 46.1 Å². The lowest BCUT2D eigenvalue weighted by atomic mass is 9.98. The lowest BCUT2D eigenvalue weighted by Crippen LogP contribution is -2.44. The molecule has 0 amide bonds. The number of piperidine rings is 1. The molecule has 23 heavy (non-hydrogen) atoms. The topological polar surface area (TPSA) is 82.7 Å². The largest absolute Gasteiger partial charge is 0.359 e. The van der Waals surface area contributed by atoms with Gasteiger partial charge in [-0.2, -0.15) is 0 Å². The lowest BCUT2D eigenvalue weighted by molar-refractivity contribution is 0.409. The third kappa shape index (κ3) is 4.01. The van der Waals surface area contributed by atoms with E-state index in [-0.39, 0.29) is 24.0 Å². The molecular weight excluding hydrogens is 407 g/mol. The zero-order valence-electron chi connectivity index (χ0n) is 13.4. The number of guanidine groups is 1. The maximum absolute atomic E-state index is 4.51. The van der Waals surface area contributed by atoms with Gasteiger partial charge in [0.2, 0.25) is 5.65 Å². The van der Waals surface area contributed by atoms with Gasteiger partial charge in [0.15, 0.2) is 11.8 Å². The van der Waals surface area contributed by atoms with E-state index in [0.29, 0.717) is 5.92 Å². The van der Waals surface area contributed by atoms with Gasteiger partial charge in [-0.15, -0.1) is 34.2 Å². The molecule has 2 aromatic rings. The lowest BCUT2D eigenvalue weighted by Gasteiger charge is -2.33. The summed E-state index contributed by atoms with van der Waals surface area (Å²) in [6.07, 6.45) is 7.75. The molecule has 1 aliphatic rings. The first-order valence-corrected chi connectivity index (χ1v) is 7.59. The second-order valence-electron chi connectivity index (χ2n) is 5.47. The Balaban J connectivity index is 0.00000192. The van der Waals surface area contributed by atoms with Crippen LogP contribution < -0.4 is 15.5 Å². The molecule has 2 N–H and O–H groups in total. The van der Waals surface area contributed by atoms with Crippen molar-refractivity contribution in [1.29, 1.82) is 0 Å². The van der Waals surface area contributed by atoms with Crippen LogP contribution in [0.2, 0.25) is 0 Å². The zero-order valence-corrected chi connectivity index (χ0v) is 15.8. The number of hydrogen-bond donors (Lipinski definition) is 2. The minimum Gasteiger partial charge on any atom is -0.359 e. The van der Waals surface area contributed by atoms with Gasteiger partial charge in [-0.3, -0.25) is 9.39 Å². The maximum atomic E-state index is 4.51. The molecule has 0 aromatic carbocycles. The van der Waals surface area contributed by atoms with Crippen molar-refractivity contribution in [3.63, 3.8) is 0 Å². The summed E-state index contributed by atoms with van der Waals surface area (Å²) < 4.78 is 1.91. The molecule has 3 rings (SSSR count). The molecule has 0 aliphatic carbocycles. The molecule has 1 saturated heterocycles. The Bertz CT molecular complexity index is 655. The van der Waals surface area contributed by atoms with Crippen molar-refractivity contribution in [3.05, 3.63) is 18.7 Å². The first-order valence-electron chi connectivity index (χ1n) is 7.59. The summed E-state index contributed by atoms with van der Waals surface area (Å²) in [4.78, 5) is 11.0. The minimum absolute atomic E-state index is 0. The van der Waals surface area contributed by atoms with Crippen LogP contribution in [0, 0.1) is 5.92 Å². The van der Waals surface area contributed by atoms with Gasteiger partial charge in [0.05, 0.1) is 0 Å². The predicted molar refractivity (Wildman–Crippen MR) is 102 cm³/mol. The van der Waals surface area contributed by atoms with Gasteiger partial charge in [0.25, 0.3) is 0 Å². The summed E-state index contributed by atoms with van der Waals surface area (Å²) >= 11 is 0. The molecular formula is C14H23IN8. The van der Waals surface area contributed by atoms with Crippen LogP contribution in [-0.4, -0.2) is 59.3 Å². The highest BCUT2D eigenvalue weighted by Gasteiger charge is 2.23. The van der Waals surface area contributed by atoms with Crippen molar-refractivity contribution in [3.8, 4) is 0 Å². The van der Waals surface area contributed by atoms with E-state index in [1.807, 2.05) is 17.6 Å². The average molecular weight is 430 g/mol. The molecule has 0 saturated carbocycles. The van der Waals surface area contributed by atoms with Crippen LogP contribution in [0.4, 0.5) is 5.82 Å². The van der Waals surface area contributed by atoms with Gasteiger partial charge >= 0.3 is 0 Å². The highest BCUT2D eigenvalue weighted by molar-refractivity contribution is 14.0. The van der Waals surface area contributed by atoms with Crippen molar-refractivity contribution >= 4 is 41.4 Å². The normalized spacial score (nSPS) is 18.6. The van der Waals surface area contributed by atoms with Crippen molar-refractivity contribution in [2.24, 2.45) is 10.9 Å². The summed E-state index contributed by atoms with van der Waals surface area (Å²) in [5, 5.41) is 14.5. The van der Waals surface area contributed by atoms with Crippen molar-refractivity contribution in [2.45, 2.75) is 12.8 Å². The van der Waals surface area contributed by atoms with Crippen LogP contribution in [0.25, 0.3) is 5.65 Å². The SMILES string of the molecule is CN=C(NC)NCC1CCCN(c2nccn3cnnc23)C1.I. The standard InChI is InChI=1S/C14H22N8.HI/c1-15-14(16-2)18-8-11-4-3-6-21(9-11)12-13-20-19-10-22(13)7-5-17-12;/h5,7,10-11H,3-4,6,8-9H2,1-2H3,(H2,15,16,18);1H. The zero-order chi connectivity index (χ0) is 15.4. The molecule has 1 aliphatic heterocycles. The predicted octanol–water partition coefficient (Wildman–Crippen LogP) is 0.753.